The van der Waals surface area contributed by atoms with Crippen molar-refractivity contribution < 1.29 is 9.18 Å². The molecule has 3 heterocycles. The first kappa shape index (κ1) is 33.7. The molecule has 1 aromatic heterocycles. The van der Waals surface area contributed by atoms with Gasteiger partial charge in [-0.05, 0) is 111 Å². The lowest BCUT2D eigenvalue weighted by Gasteiger charge is -2.61. The van der Waals surface area contributed by atoms with Crippen molar-refractivity contribution in [3.8, 4) is 0 Å². The summed E-state index contributed by atoms with van der Waals surface area (Å²) in [5, 5.41) is 7.59. The van der Waals surface area contributed by atoms with Gasteiger partial charge in [0, 0.05) is 55.9 Å². The summed E-state index contributed by atoms with van der Waals surface area (Å²) < 4.78 is 14.6. The Morgan fingerprint density at radius 1 is 1.02 bits per heavy atom. The van der Waals surface area contributed by atoms with Crippen LogP contribution in [-0.2, 0) is 6.54 Å². The maximum absolute atomic E-state index is 13.5. The third-order valence-electron chi connectivity index (χ3n) is 12.2. The fourth-order valence-electron chi connectivity index (χ4n) is 8.94. The number of carbonyl (C=O) groups is 1. The number of aliphatic imine (C=N–C) groups is 1. The molecule has 5 aliphatic rings. The number of carbonyl (C=O) groups excluding carboxylic acids is 1. The van der Waals surface area contributed by atoms with Crippen molar-refractivity contribution in [2.24, 2.45) is 34.1 Å². The van der Waals surface area contributed by atoms with E-state index in [2.05, 4.69) is 53.1 Å². The van der Waals surface area contributed by atoms with Gasteiger partial charge in [0.15, 0.2) is 11.7 Å². The molecule has 5 atom stereocenters. The van der Waals surface area contributed by atoms with E-state index < -0.39 is 5.69 Å². The standard InChI is InChI=1S/C38H50FN7O3/c1-23-22-45(16-13-40-23)36(42-32-20-27-19-31(24(32)2)38(27,3)4)41-29-9-10-30-33(21-29)43-37(49)46(35(30)48)18-17-44-14-11-26(12-15-44)34(47)25-5-7-28(39)8-6-25/h5-10,21,23-24,26-27,31-32,40H,11-20,22H2,1-4H3,(H,41,42)(H,43,49)/t23-,24-,27+,31-,32-/m0/s1. The van der Waals surface area contributed by atoms with E-state index in [0.29, 0.717) is 78.2 Å². The molecule has 8 rings (SSSR count). The summed E-state index contributed by atoms with van der Waals surface area (Å²) in [5.74, 6) is 2.36. The Morgan fingerprint density at radius 2 is 1.78 bits per heavy atom. The summed E-state index contributed by atoms with van der Waals surface area (Å²) in [7, 11) is 0. The van der Waals surface area contributed by atoms with E-state index in [0.717, 1.165) is 37.7 Å². The lowest BCUT2D eigenvalue weighted by Crippen LogP contribution is -2.57. The highest BCUT2D eigenvalue weighted by molar-refractivity contribution is 5.98. The van der Waals surface area contributed by atoms with Crippen LogP contribution in [0.15, 0.2) is 57.0 Å². The number of piperazine rings is 1. The summed E-state index contributed by atoms with van der Waals surface area (Å²) >= 11 is 0. The number of hydrogen-bond acceptors (Lipinski definition) is 6. The van der Waals surface area contributed by atoms with Gasteiger partial charge in [0.25, 0.3) is 5.56 Å². The van der Waals surface area contributed by atoms with Crippen LogP contribution in [0, 0.1) is 34.9 Å². The van der Waals surface area contributed by atoms with Crippen molar-refractivity contribution in [1.82, 2.24) is 24.7 Å². The second-order valence-corrected chi connectivity index (χ2v) is 15.5. The van der Waals surface area contributed by atoms with E-state index in [-0.39, 0.29) is 35.7 Å². The number of hydrogen-bond donors (Lipinski definition) is 3. The van der Waals surface area contributed by atoms with Gasteiger partial charge in [-0.1, -0.05) is 20.8 Å². The molecule has 0 spiro atoms. The minimum atomic E-state index is -0.432. The Hall–Kier alpha value is -3.83. The normalized spacial score (nSPS) is 27.6. The molecule has 0 radical (unpaired) electrons. The molecular formula is C38H50FN7O3. The van der Waals surface area contributed by atoms with Gasteiger partial charge in [0.05, 0.1) is 16.9 Å². The van der Waals surface area contributed by atoms with Crippen molar-refractivity contribution in [3.05, 3.63) is 74.7 Å². The van der Waals surface area contributed by atoms with Gasteiger partial charge >= 0.3 is 5.69 Å². The second kappa shape index (κ2) is 13.5. The number of fused-ring (bicyclic) bond motifs is 3. The van der Waals surface area contributed by atoms with E-state index >= 15 is 0 Å². The zero-order valence-corrected chi connectivity index (χ0v) is 29.2. The second-order valence-electron chi connectivity index (χ2n) is 15.5. The third kappa shape index (κ3) is 6.71. The van der Waals surface area contributed by atoms with Crippen LogP contribution in [-0.4, -0.2) is 82.4 Å². The van der Waals surface area contributed by atoms with E-state index in [4.69, 9.17) is 4.99 Å². The number of rotatable bonds is 7. The first-order chi connectivity index (χ1) is 23.5. The van der Waals surface area contributed by atoms with Crippen molar-refractivity contribution in [2.45, 2.75) is 72.0 Å². The zero-order chi connectivity index (χ0) is 34.4. The predicted octanol–water partition coefficient (Wildman–Crippen LogP) is 4.56. The number of likely N-dealkylation sites (tertiary alicyclic amines) is 1. The summed E-state index contributed by atoms with van der Waals surface area (Å²) in [6.07, 6.45) is 3.79. The maximum atomic E-state index is 13.5. The highest BCUT2D eigenvalue weighted by atomic mass is 19.1. The van der Waals surface area contributed by atoms with Crippen molar-refractivity contribution >= 4 is 28.3 Å². The fourth-order valence-corrected chi connectivity index (χ4v) is 8.94. The molecular weight excluding hydrogens is 621 g/mol. The first-order valence-electron chi connectivity index (χ1n) is 18.1. The molecule has 0 unspecified atom stereocenters. The molecule has 0 amide bonds. The number of guanidine groups is 1. The van der Waals surface area contributed by atoms with E-state index in [1.165, 1.54) is 23.1 Å². The number of Topliss-reactive ketones (excluding diaryl/α,β-unsaturated/α-hetero) is 1. The van der Waals surface area contributed by atoms with Crippen molar-refractivity contribution in [2.75, 3.05) is 44.6 Å². The summed E-state index contributed by atoms with van der Waals surface area (Å²) in [6.45, 7) is 14.1. The minimum Gasteiger partial charge on any atom is -0.340 e. The molecule has 2 aliphatic heterocycles. The number of benzene rings is 2. The van der Waals surface area contributed by atoms with Crippen LogP contribution in [0.2, 0.25) is 0 Å². The number of piperidine rings is 1. The number of nitrogens with zero attached hydrogens (tertiary/aromatic N) is 4. The number of aromatic nitrogens is 2. The fraction of sp³-hybridized carbons (Fsp3) is 0.579. The molecule has 10 nitrogen and oxygen atoms in total. The highest BCUT2D eigenvalue weighted by Crippen LogP contribution is 2.61. The molecule has 2 bridgehead atoms. The van der Waals surface area contributed by atoms with E-state index in [1.54, 1.807) is 18.2 Å². The van der Waals surface area contributed by atoms with Gasteiger partial charge in [0.2, 0.25) is 0 Å². The predicted molar refractivity (Wildman–Crippen MR) is 192 cm³/mol. The number of ketones is 1. The molecule has 3 saturated carbocycles. The van der Waals surface area contributed by atoms with Gasteiger partial charge in [0.1, 0.15) is 5.82 Å². The van der Waals surface area contributed by atoms with Crippen LogP contribution in [0.5, 0.6) is 0 Å². The molecule has 11 heteroatoms. The quantitative estimate of drug-likeness (QED) is 0.192. The van der Waals surface area contributed by atoms with Crippen molar-refractivity contribution in [3.63, 3.8) is 0 Å². The molecule has 3 N–H and O–H groups in total. The summed E-state index contributed by atoms with van der Waals surface area (Å²) in [4.78, 5) is 52.5. The Bertz CT molecular complexity index is 1840. The lowest BCUT2D eigenvalue weighted by atomic mass is 9.45. The Labute approximate surface area is 287 Å². The van der Waals surface area contributed by atoms with Gasteiger partial charge in [-0.25, -0.2) is 14.2 Å². The molecule has 2 saturated heterocycles. The van der Waals surface area contributed by atoms with Crippen LogP contribution >= 0.6 is 0 Å². The average Bonchev–Trinajstić information content (AvgIpc) is 3.08. The molecule has 49 heavy (non-hydrogen) atoms. The Balaban J connectivity index is 1.03. The minimum absolute atomic E-state index is 0.0422. The summed E-state index contributed by atoms with van der Waals surface area (Å²) in [6, 6.07) is 11.9. The monoisotopic (exact) mass is 671 g/mol. The molecule has 262 valence electrons. The molecule has 5 fully saturated rings. The van der Waals surface area contributed by atoms with Crippen LogP contribution in [0.1, 0.15) is 63.7 Å². The first-order valence-corrected chi connectivity index (χ1v) is 18.1. The van der Waals surface area contributed by atoms with Gasteiger partial charge < -0.3 is 25.4 Å². The lowest BCUT2D eigenvalue weighted by molar-refractivity contribution is -0.108. The van der Waals surface area contributed by atoms with Gasteiger partial charge in [-0.3, -0.25) is 14.2 Å². The van der Waals surface area contributed by atoms with Crippen LogP contribution < -0.4 is 21.9 Å². The molecule has 3 aliphatic carbocycles. The van der Waals surface area contributed by atoms with Gasteiger partial charge in [-0.2, -0.15) is 0 Å². The van der Waals surface area contributed by atoms with Crippen LogP contribution in [0.4, 0.5) is 10.1 Å². The number of nitrogens with one attached hydrogen (secondary N) is 3. The van der Waals surface area contributed by atoms with Crippen LogP contribution in [0.3, 0.4) is 0 Å². The van der Waals surface area contributed by atoms with Gasteiger partial charge in [-0.15, -0.1) is 0 Å². The van der Waals surface area contributed by atoms with E-state index in [1.807, 2.05) is 12.1 Å². The summed E-state index contributed by atoms with van der Waals surface area (Å²) in [5.41, 5.74) is 1.47. The largest absolute Gasteiger partial charge is 0.340 e. The third-order valence-corrected chi connectivity index (χ3v) is 12.2. The molecule has 3 aromatic rings. The average molecular weight is 672 g/mol. The Kier molecular flexibility index (Phi) is 9.25. The highest BCUT2D eigenvalue weighted by Gasteiger charge is 2.56. The van der Waals surface area contributed by atoms with E-state index in [9.17, 15) is 18.8 Å². The smallest absolute Gasteiger partial charge is 0.328 e. The Morgan fingerprint density at radius 3 is 2.47 bits per heavy atom. The number of aromatic amines is 1. The number of H-pyrrole nitrogens is 1. The van der Waals surface area contributed by atoms with Crippen LogP contribution in [0.25, 0.3) is 10.9 Å². The zero-order valence-electron chi connectivity index (χ0n) is 29.2. The topological polar surface area (TPSA) is 115 Å². The SMILES string of the molecule is C[C@@H]1[C@@H](N=C(Nc2ccc3c(=O)n(CCN4CCC(C(=O)c5ccc(F)cc5)CC4)c(=O)[nH]c3c2)N2CCN[C@@H](C)C2)C[C@H]2C[C@@H]1C2(C)C. The number of halogens is 1. The van der Waals surface area contributed by atoms with Crippen molar-refractivity contribution in [1.29, 1.82) is 0 Å². The number of anilines is 1. The maximum Gasteiger partial charge on any atom is 0.328 e. The molecule has 2 aromatic carbocycles.